The van der Waals surface area contributed by atoms with Crippen molar-refractivity contribution in [1.82, 2.24) is 20.0 Å². The van der Waals surface area contributed by atoms with Gasteiger partial charge in [-0.05, 0) is 41.3 Å². The van der Waals surface area contributed by atoms with Crippen molar-refractivity contribution in [2.75, 3.05) is 45.8 Å². The molecule has 5 rings (SSSR count). The molecule has 6 heteroatoms. The van der Waals surface area contributed by atoms with E-state index in [1.54, 1.807) is 0 Å². The van der Waals surface area contributed by atoms with E-state index in [2.05, 4.69) is 57.6 Å². The number of piperazine rings is 1. The quantitative estimate of drug-likeness (QED) is 0.600. The third kappa shape index (κ3) is 5.89. The van der Waals surface area contributed by atoms with Crippen LogP contribution < -0.4 is 5.32 Å². The molecule has 0 aliphatic carbocycles. The number of piperidine rings is 1. The normalized spacial score (nSPS) is 18.0. The van der Waals surface area contributed by atoms with Crippen LogP contribution in [0.3, 0.4) is 0 Å². The topological polar surface area (TPSA) is 55.9 Å². The van der Waals surface area contributed by atoms with Crippen LogP contribution in [0.1, 0.15) is 28.8 Å². The van der Waals surface area contributed by atoms with Crippen LogP contribution in [0, 0.1) is 0 Å². The lowest BCUT2D eigenvalue weighted by Crippen LogP contribution is -2.52. The summed E-state index contributed by atoms with van der Waals surface area (Å²) in [5, 5.41) is 5.74. The largest absolute Gasteiger partial charge is 0.349 e. The smallest absolute Gasteiger partial charge is 0.251 e. The third-order valence-corrected chi connectivity index (χ3v) is 7.32. The number of nitrogens with zero attached hydrogens (tertiary/aromatic N) is 3. The second-order valence-corrected chi connectivity index (χ2v) is 9.69. The van der Waals surface area contributed by atoms with Crippen LogP contribution in [0.4, 0.5) is 0 Å². The van der Waals surface area contributed by atoms with Gasteiger partial charge in [0.25, 0.3) is 5.91 Å². The zero-order chi connectivity index (χ0) is 24.0. The van der Waals surface area contributed by atoms with E-state index < -0.39 is 0 Å². The van der Waals surface area contributed by atoms with Crippen LogP contribution in [0.2, 0.25) is 0 Å². The molecule has 2 amide bonds. The van der Waals surface area contributed by atoms with Gasteiger partial charge in [-0.1, -0.05) is 60.7 Å². The van der Waals surface area contributed by atoms with Gasteiger partial charge in [-0.2, -0.15) is 0 Å². The minimum atomic E-state index is -0.0125. The molecule has 3 aromatic rings. The Hall–Kier alpha value is -3.22. The first-order valence-corrected chi connectivity index (χ1v) is 12.7. The molecule has 1 N–H and O–H groups in total. The van der Waals surface area contributed by atoms with Crippen molar-refractivity contribution in [3.05, 3.63) is 83.9 Å². The summed E-state index contributed by atoms with van der Waals surface area (Å²) < 4.78 is 0. The number of carbonyl (C=O) groups excluding carboxylic acids is 2. The number of hydrogen-bond acceptors (Lipinski definition) is 4. The fourth-order valence-corrected chi connectivity index (χ4v) is 5.21. The molecule has 2 saturated heterocycles. The molecule has 0 saturated carbocycles. The Bertz CT molecular complexity index is 1140. The maximum Gasteiger partial charge on any atom is 0.251 e. The molecule has 6 nitrogen and oxygen atoms in total. The zero-order valence-corrected chi connectivity index (χ0v) is 20.2. The van der Waals surface area contributed by atoms with Crippen molar-refractivity contribution < 1.29 is 9.59 Å². The summed E-state index contributed by atoms with van der Waals surface area (Å²) in [6.45, 7) is 6.46. The van der Waals surface area contributed by atoms with Gasteiger partial charge in [0.1, 0.15) is 0 Å². The summed E-state index contributed by atoms with van der Waals surface area (Å²) in [7, 11) is 0. The minimum absolute atomic E-state index is 0.0125. The predicted molar refractivity (Wildman–Crippen MR) is 139 cm³/mol. The number of carbonyl (C=O) groups is 2. The maximum absolute atomic E-state index is 12.9. The van der Waals surface area contributed by atoms with Crippen LogP contribution in [0.5, 0.6) is 0 Å². The maximum atomic E-state index is 12.9. The molecular weight excluding hydrogens is 436 g/mol. The van der Waals surface area contributed by atoms with Gasteiger partial charge in [-0.25, -0.2) is 0 Å². The van der Waals surface area contributed by atoms with Crippen LogP contribution in [0.25, 0.3) is 10.8 Å². The summed E-state index contributed by atoms with van der Waals surface area (Å²) in [5.74, 6) is 0.211. The Morgan fingerprint density at radius 2 is 1.43 bits per heavy atom. The summed E-state index contributed by atoms with van der Waals surface area (Å²) >= 11 is 0. The SMILES string of the molecule is O=C(NC1CCN(CC(=O)N2CCN(Cc3cccc4ccccc34)CC2)CC1)c1ccccc1. The van der Waals surface area contributed by atoms with Crippen molar-refractivity contribution in [1.29, 1.82) is 0 Å². The van der Waals surface area contributed by atoms with Crippen LogP contribution >= 0.6 is 0 Å². The molecule has 2 aliphatic heterocycles. The monoisotopic (exact) mass is 470 g/mol. The molecule has 2 heterocycles. The molecule has 0 atom stereocenters. The van der Waals surface area contributed by atoms with Crippen molar-refractivity contribution in [2.24, 2.45) is 0 Å². The predicted octanol–water partition coefficient (Wildman–Crippen LogP) is 3.38. The molecule has 0 spiro atoms. The van der Waals surface area contributed by atoms with E-state index in [9.17, 15) is 9.59 Å². The van der Waals surface area contributed by atoms with Gasteiger partial charge < -0.3 is 10.2 Å². The highest BCUT2D eigenvalue weighted by Crippen LogP contribution is 2.21. The van der Waals surface area contributed by atoms with Gasteiger partial charge in [0.15, 0.2) is 0 Å². The molecule has 182 valence electrons. The first-order chi connectivity index (χ1) is 17.2. The number of likely N-dealkylation sites (tertiary alicyclic amines) is 1. The summed E-state index contributed by atoms with van der Waals surface area (Å²) in [6.07, 6.45) is 1.76. The molecule has 35 heavy (non-hydrogen) atoms. The summed E-state index contributed by atoms with van der Waals surface area (Å²) in [4.78, 5) is 32.0. The number of rotatable bonds is 6. The van der Waals surface area contributed by atoms with E-state index in [0.29, 0.717) is 12.1 Å². The highest BCUT2D eigenvalue weighted by atomic mass is 16.2. The van der Waals surface area contributed by atoms with Crippen molar-refractivity contribution in [2.45, 2.75) is 25.4 Å². The number of nitrogens with one attached hydrogen (secondary N) is 1. The molecule has 3 aromatic carbocycles. The second-order valence-electron chi connectivity index (χ2n) is 9.69. The van der Waals surface area contributed by atoms with E-state index in [1.165, 1.54) is 16.3 Å². The first kappa shape index (κ1) is 23.5. The lowest BCUT2D eigenvalue weighted by molar-refractivity contribution is -0.134. The Morgan fingerprint density at radius 3 is 2.20 bits per heavy atom. The molecule has 0 unspecified atom stereocenters. The summed E-state index contributed by atoms with van der Waals surface area (Å²) in [6, 6.07) is 24.6. The van der Waals surface area contributed by atoms with E-state index >= 15 is 0 Å². The van der Waals surface area contributed by atoms with Gasteiger partial charge in [0.05, 0.1) is 6.54 Å². The fraction of sp³-hybridized carbons (Fsp3) is 0.379. The lowest BCUT2D eigenvalue weighted by atomic mass is 10.0. The Kier molecular flexibility index (Phi) is 7.40. The number of hydrogen-bond donors (Lipinski definition) is 1. The molecular formula is C29H34N4O2. The first-order valence-electron chi connectivity index (χ1n) is 12.7. The Labute approximate surface area is 207 Å². The fourth-order valence-electron chi connectivity index (χ4n) is 5.21. The van der Waals surface area contributed by atoms with E-state index in [0.717, 1.165) is 58.7 Å². The van der Waals surface area contributed by atoms with E-state index in [4.69, 9.17) is 0 Å². The molecule has 2 fully saturated rings. The van der Waals surface area contributed by atoms with Crippen molar-refractivity contribution >= 4 is 22.6 Å². The Morgan fingerprint density at radius 1 is 0.743 bits per heavy atom. The lowest BCUT2D eigenvalue weighted by Gasteiger charge is -2.37. The van der Waals surface area contributed by atoms with Crippen LogP contribution in [-0.4, -0.2) is 78.4 Å². The molecule has 2 aliphatic rings. The third-order valence-electron chi connectivity index (χ3n) is 7.32. The molecule has 0 radical (unpaired) electrons. The van der Waals surface area contributed by atoms with Gasteiger partial charge >= 0.3 is 0 Å². The standard InChI is InChI=1S/C29H34N4O2/c34-28(22-31-15-13-26(14-16-31)30-29(35)24-8-2-1-3-9-24)33-19-17-32(18-20-33)21-25-11-6-10-23-7-4-5-12-27(23)25/h1-12,26H,13-22H2,(H,30,35). The minimum Gasteiger partial charge on any atom is -0.349 e. The van der Waals surface area contributed by atoms with E-state index in [-0.39, 0.29) is 17.9 Å². The van der Waals surface area contributed by atoms with Crippen LogP contribution in [-0.2, 0) is 11.3 Å². The van der Waals surface area contributed by atoms with Gasteiger partial charge in [0.2, 0.25) is 5.91 Å². The van der Waals surface area contributed by atoms with Gasteiger partial charge in [0, 0.05) is 57.4 Å². The highest BCUT2D eigenvalue weighted by Gasteiger charge is 2.26. The molecule has 0 bridgehead atoms. The molecule has 0 aromatic heterocycles. The highest BCUT2D eigenvalue weighted by molar-refractivity contribution is 5.94. The van der Waals surface area contributed by atoms with Gasteiger partial charge in [-0.3, -0.25) is 19.4 Å². The average molecular weight is 471 g/mol. The van der Waals surface area contributed by atoms with Crippen molar-refractivity contribution in [3.63, 3.8) is 0 Å². The average Bonchev–Trinajstić information content (AvgIpc) is 2.91. The number of fused-ring (bicyclic) bond motifs is 1. The summed E-state index contributed by atoms with van der Waals surface area (Å²) in [5.41, 5.74) is 2.05. The van der Waals surface area contributed by atoms with Crippen LogP contribution in [0.15, 0.2) is 72.8 Å². The van der Waals surface area contributed by atoms with Crippen molar-refractivity contribution in [3.8, 4) is 0 Å². The number of benzene rings is 3. The van der Waals surface area contributed by atoms with E-state index in [1.807, 2.05) is 35.2 Å². The second kappa shape index (κ2) is 11.0. The zero-order valence-electron chi connectivity index (χ0n) is 20.2. The number of amides is 2. The van der Waals surface area contributed by atoms with Gasteiger partial charge in [-0.15, -0.1) is 0 Å². The Balaban J connectivity index is 1.05.